The molecule has 0 bridgehead atoms. The number of hydrogen-bond donors (Lipinski definition) is 2. The van der Waals surface area contributed by atoms with Crippen LogP contribution in [-0.2, 0) is 0 Å². The van der Waals surface area contributed by atoms with Gasteiger partial charge in [-0.3, -0.25) is 0 Å². The van der Waals surface area contributed by atoms with Gasteiger partial charge in [-0.1, -0.05) is 20.8 Å². The third kappa shape index (κ3) is 4.06. The highest BCUT2D eigenvalue weighted by Crippen LogP contribution is 2.20. The normalized spacial score (nSPS) is 12.8. The zero-order valence-corrected chi connectivity index (χ0v) is 11.1. The molecule has 0 spiro atoms. The highest BCUT2D eigenvalue weighted by atomic mass is 32.2. The lowest BCUT2D eigenvalue weighted by Gasteiger charge is -2.21. The largest absolute Gasteiger partial charge is 0.394 e. The van der Waals surface area contributed by atoms with E-state index in [-0.39, 0.29) is 12.6 Å². The van der Waals surface area contributed by atoms with Crippen molar-refractivity contribution in [2.24, 2.45) is 5.92 Å². The monoisotopic (exact) mass is 239 g/mol. The van der Waals surface area contributed by atoms with Gasteiger partial charge in [-0.15, -0.1) is 11.8 Å². The van der Waals surface area contributed by atoms with Crippen LogP contribution in [0.15, 0.2) is 29.2 Å². The van der Waals surface area contributed by atoms with Crippen molar-refractivity contribution in [1.82, 2.24) is 0 Å². The van der Waals surface area contributed by atoms with Gasteiger partial charge in [-0.2, -0.15) is 0 Å². The fraction of sp³-hybridized carbons (Fsp3) is 0.538. The van der Waals surface area contributed by atoms with Crippen LogP contribution in [0.3, 0.4) is 0 Å². The zero-order chi connectivity index (χ0) is 12.0. The van der Waals surface area contributed by atoms with Gasteiger partial charge in [0.15, 0.2) is 0 Å². The molecule has 90 valence electrons. The van der Waals surface area contributed by atoms with Crippen molar-refractivity contribution in [2.75, 3.05) is 17.7 Å². The molecule has 0 saturated heterocycles. The maximum absolute atomic E-state index is 9.23. The molecule has 0 aliphatic rings. The first-order chi connectivity index (χ1) is 7.67. The third-order valence-electron chi connectivity index (χ3n) is 2.52. The summed E-state index contributed by atoms with van der Waals surface area (Å²) in [4.78, 5) is 1.29. The van der Waals surface area contributed by atoms with Crippen molar-refractivity contribution in [1.29, 1.82) is 0 Å². The maximum Gasteiger partial charge on any atom is 0.0635 e. The van der Waals surface area contributed by atoms with E-state index in [1.807, 2.05) is 11.8 Å². The van der Waals surface area contributed by atoms with Crippen LogP contribution in [0.5, 0.6) is 0 Å². The molecule has 1 aromatic rings. The number of anilines is 1. The zero-order valence-electron chi connectivity index (χ0n) is 10.2. The number of aliphatic hydroxyl groups excluding tert-OH is 1. The number of rotatable bonds is 6. The van der Waals surface area contributed by atoms with Gasteiger partial charge in [-0.25, -0.2) is 0 Å². The first-order valence-corrected chi connectivity index (χ1v) is 6.76. The summed E-state index contributed by atoms with van der Waals surface area (Å²) >= 11 is 1.84. The smallest absolute Gasteiger partial charge is 0.0635 e. The molecule has 0 amide bonds. The van der Waals surface area contributed by atoms with Crippen LogP contribution in [0.4, 0.5) is 5.69 Å². The lowest BCUT2D eigenvalue weighted by molar-refractivity contribution is 0.249. The number of benzene rings is 1. The molecule has 0 fully saturated rings. The summed E-state index contributed by atoms with van der Waals surface area (Å²) in [7, 11) is 0. The Morgan fingerprint density at radius 3 is 2.31 bits per heavy atom. The quantitative estimate of drug-likeness (QED) is 0.748. The molecule has 0 aliphatic heterocycles. The van der Waals surface area contributed by atoms with E-state index in [0.29, 0.717) is 5.92 Å². The molecule has 1 atom stereocenters. The summed E-state index contributed by atoms with van der Waals surface area (Å²) in [5.41, 5.74) is 1.08. The molecule has 0 radical (unpaired) electrons. The first-order valence-electron chi connectivity index (χ1n) is 5.77. The summed E-state index contributed by atoms with van der Waals surface area (Å²) in [6.45, 7) is 6.53. The molecule has 3 heteroatoms. The lowest BCUT2D eigenvalue weighted by Crippen LogP contribution is -2.29. The van der Waals surface area contributed by atoms with Crippen molar-refractivity contribution in [3.8, 4) is 0 Å². The number of aliphatic hydroxyl groups is 1. The second-order valence-corrected chi connectivity index (χ2v) is 5.47. The molecule has 0 aliphatic carbocycles. The molecule has 0 aromatic heterocycles. The highest BCUT2D eigenvalue weighted by molar-refractivity contribution is 7.99. The molecule has 0 heterocycles. The minimum absolute atomic E-state index is 0.129. The summed E-state index contributed by atoms with van der Waals surface area (Å²) < 4.78 is 0. The van der Waals surface area contributed by atoms with Crippen molar-refractivity contribution in [3.05, 3.63) is 24.3 Å². The molecular formula is C13H21NOS. The fourth-order valence-electron chi connectivity index (χ4n) is 1.45. The molecule has 1 unspecified atom stereocenters. The first kappa shape index (κ1) is 13.4. The average molecular weight is 239 g/mol. The molecule has 16 heavy (non-hydrogen) atoms. The number of hydrogen-bond acceptors (Lipinski definition) is 3. The topological polar surface area (TPSA) is 32.3 Å². The Bertz CT molecular complexity index is 297. The average Bonchev–Trinajstić information content (AvgIpc) is 2.28. The Kier molecular flexibility index (Phi) is 5.71. The second kappa shape index (κ2) is 6.81. The number of thioether (sulfide) groups is 1. The second-order valence-electron chi connectivity index (χ2n) is 4.13. The Labute approximate surface area is 102 Å². The van der Waals surface area contributed by atoms with Gasteiger partial charge >= 0.3 is 0 Å². The van der Waals surface area contributed by atoms with Crippen molar-refractivity contribution in [3.63, 3.8) is 0 Å². The molecule has 2 nitrogen and oxygen atoms in total. The highest BCUT2D eigenvalue weighted by Gasteiger charge is 2.11. The fourth-order valence-corrected chi connectivity index (χ4v) is 2.11. The van der Waals surface area contributed by atoms with Gasteiger partial charge in [0.1, 0.15) is 0 Å². The van der Waals surface area contributed by atoms with Crippen LogP contribution < -0.4 is 5.32 Å². The SMILES string of the molecule is CCSc1ccc(NC(CO)C(C)C)cc1. The Balaban J connectivity index is 2.60. The van der Waals surface area contributed by atoms with E-state index >= 15 is 0 Å². The number of nitrogens with one attached hydrogen (secondary N) is 1. The lowest BCUT2D eigenvalue weighted by atomic mass is 10.1. The van der Waals surface area contributed by atoms with Crippen molar-refractivity contribution in [2.45, 2.75) is 31.7 Å². The molecule has 1 aromatic carbocycles. The van der Waals surface area contributed by atoms with Gasteiger partial charge in [0.05, 0.1) is 12.6 Å². The molecular weight excluding hydrogens is 218 g/mol. The van der Waals surface area contributed by atoms with Crippen LogP contribution in [0.2, 0.25) is 0 Å². The predicted molar refractivity (Wildman–Crippen MR) is 72.2 cm³/mol. The minimum Gasteiger partial charge on any atom is -0.394 e. The maximum atomic E-state index is 9.23. The van der Waals surface area contributed by atoms with E-state index in [1.54, 1.807) is 0 Å². The van der Waals surface area contributed by atoms with E-state index < -0.39 is 0 Å². The van der Waals surface area contributed by atoms with Gasteiger partial charge in [0.25, 0.3) is 0 Å². The van der Waals surface area contributed by atoms with E-state index in [1.165, 1.54) is 4.90 Å². The minimum atomic E-state index is 0.129. The van der Waals surface area contributed by atoms with Crippen LogP contribution in [-0.4, -0.2) is 23.5 Å². The molecule has 0 saturated carbocycles. The van der Waals surface area contributed by atoms with E-state index in [4.69, 9.17) is 0 Å². The summed E-state index contributed by atoms with van der Waals surface area (Å²) in [5, 5.41) is 12.6. The van der Waals surface area contributed by atoms with Crippen LogP contribution in [0.1, 0.15) is 20.8 Å². The van der Waals surface area contributed by atoms with Gasteiger partial charge in [-0.05, 0) is 35.9 Å². The Morgan fingerprint density at radius 1 is 1.25 bits per heavy atom. The summed E-state index contributed by atoms with van der Waals surface area (Å²) in [6.07, 6.45) is 0. The van der Waals surface area contributed by atoms with Crippen LogP contribution in [0.25, 0.3) is 0 Å². The van der Waals surface area contributed by atoms with Crippen molar-refractivity contribution >= 4 is 17.4 Å². The Hall–Kier alpha value is -0.670. The molecule has 2 N–H and O–H groups in total. The van der Waals surface area contributed by atoms with E-state index in [2.05, 4.69) is 50.4 Å². The predicted octanol–water partition coefficient (Wildman–Crippen LogP) is 3.23. The molecule has 1 rings (SSSR count). The van der Waals surface area contributed by atoms with Crippen molar-refractivity contribution < 1.29 is 5.11 Å². The van der Waals surface area contributed by atoms with E-state index in [9.17, 15) is 5.11 Å². The Morgan fingerprint density at radius 2 is 1.88 bits per heavy atom. The van der Waals surface area contributed by atoms with E-state index in [0.717, 1.165) is 11.4 Å². The van der Waals surface area contributed by atoms with Gasteiger partial charge < -0.3 is 10.4 Å². The van der Waals surface area contributed by atoms with Gasteiger partial charge in [0, 0.05) is 10.6 Å². The summed E-state index contributed by atoms with van der Waals surface area (Å²) in [6, 6.07) is 8.51. The standard InChI is InChI=1S/C13H21NOS/c1-4-16-12-7-5-11(6-8-12)14-13(9-15)10(2)3/h5-8,10,13-15H,4,9H2,1-3H3. The third-order valence-corrected chi connectivity index (χ3v) is 3.41. The summed E-state index contributed by atoms with van der Waals surface area (Å²) in [5.74, 6) is 1.52. The van der Waals surface area contributed by atoms with Gasteiger partial charge in [0.2, 0.25) is 0 Å². The van der Waals surface area contributed by atoms with Crippen LogP contribution in [0, 0.1) is 5.92 Å². The van der Waals surface area contributed by atoms with Crippen LogP contribution >= 0.6 is 11.8 Å².